The van der Waals surface area contributed by atoms with E-state index in [9.17, 15) is 0 Å². The Hall–Kier alpha value is -0.0800. The van der Waals surface area contributed by atoms with Gasteiger partial charge in [0, 0.05) is 12.6 Å². The lowest BCUT2D eigenvalue weighted by Crippen LogP contribution is -2.29. The van der Waals surface area contributed by atoms with E-state index in [1.165, 1.54) is 25.7 Å². The Labute approximate surface area is 94.8 Å². The number of hydrogen-bond donors (Lipinski definition) is 1. The van der Waals surface area contributed by atoms with Crippen LogP contribution in [0.1, 0.15) is 59.3 Å². The highest BCUT2D eigenvalue weighted by Gasteiger charge is 2.15. The smallest absolute Gasteiger partial charge is 0.0623 e. The molecule has 0 spiro atoms. The molecule has 0 bridgehead atoms. The summed E-state index contributed by atoms with van der Waals surface area (Å²) in [6.07, 6.45) is 7.81. The van der Waals surface area contributed by atoms with Crippen LogP contribution in [0.4, 0.5) is 0 Å². The highest BCUT2D eigenvalue weighted by Crippen LogP contribution is 2.17. The van der Waals surface area contributed by atoms with E-state index in [-0.39, 0.29) is 5.60 Å². The predicted octanol–water partition coefficient (Wildman–Crippen LogP) is 3.11. The Morgan fingerprint density at radius 3 is 2.53 bits per heavy atom. The summed E-state index contributed by atoms with van der Waals surface area (Å²) in [5.74, 6) is 0. The van der Waals surface area contributed by atoms with Crippen LogP contribution in [0.5, 0.6) is 0 Å². The number of nitrogens with one attached hydrogen (secondary N) is 1. The fourth-order valence-corrected chi connectivity index (χ4v) is 1.96. The first-order chi connectivity index (χ1) is 7.14. The molecule has 0 radical (unpaired) electrons. The Morgan fingerprint density at radius 1 is 1.27 bits per heavy atom. The van der Waals surface area contributed by atoms with Crippen LogP contribution in [-0.2, 0) is 4.74 Å². The van der Waals surface area contributed by atoms with E-state index < -0.39 is 0 Å². The van der Waals surface area contributed by atoms with Gasteiger partial charge in [0.25, 0.3) is 0 Å². The maximum atomic E-state index is 5.80. The van der Waals surface area contributed by atoms with Crippen LogP contribution in [0.3, 0.4) is 0 Å². The van der Waals surface area contributed by atoms with Crippen molar-refractivity contribution in [1.29, 1.82) is 0 Å². The molecule has 1 N–H and O–H groups in total. The van der Waals surface area contributed by atoms with Gasteiger partial charge in [0.2, 0.25) is 0 Å². The number of hydrogen-bond acceptors (Lipinski definition) is 2. The largest absolute Gasteiger partial charge is 0.376 e. The maximum absolute atomic E-state index is 5.80. The Morgan fingerprint density at radius 2 is 1.93 bits per heavy atom. The summed E-state index contributed by atoms with van der Waals surface area (Å²) in [7, 11) is 0. The molecule has 0 aromatic rings. The van der Waals surface area contributed by atoms with E-state index in [0.717, 1.165) is 32.0 Å². The molecule has 1 saturated carbocycles. The van der Waals surface area contributed by atoms with E-state index in [2.05, 4.69) is 26.1 Å². The average molecular weight is 213 g/mol. The molecule has 0 aliphatic heterocycles. The van der Waals surface area contributed by atoms with Crippen molar-refractivity contribution >= 4 is 0 Å². The summed E-state index contributed by atoms with van der Waals surface area (Å²) in [5, 5.41) is 3.61. The monoisotopic (exact) mass is 213 g/mol. The molecule has 0 saturated heterocycles. The summed E-state index contributed by atoms with van der Waals surface area (Å²) >= 11 is 0. The van der Waals surface area contributed by atoms with Crippen molar-refractivity contribution in [1.82, 2.24) is 5.32 Å². The molecule has 0 amide bonds. The van der Waals surface area contributed by atoms with Crippen LogP contribution in [-0.4, -0.2) is 24.8 Å². The molecule has 2 heteroatoms. The lowest BCUT2D eigenvalue weighted by molar-refractivity contribution is -0.0209. The Balaban J connectivity index is 1.92. The first kappa shape index (κ1) is 13.0. The van der Waals surface area contributed by atoms with Gasteiger partial charge in [-0.15, -0.1) is 0 Å². The van der Waals surface area contributed by atoms with Gasteiger partial charge in [-0.05, 0) is 46.1 Å². The second-order valence-corrected chi connectivity index (χ2v) is 5.25. The quantitative estimate of drug-likeness (QED) is 0.656. The third-order valence-electron chi connectivity index (χ3n) is 3.45. The van der Waals surface area contributed by atoms with Crippen molar-refractivity contribution in [3.63, 3.8) is 0 Å². The van der Waals surface area contributed by atoms with E-state index in [0.29, 0.717) is 0 Å². The van der Waals surface area contributed by atoms with Gasteiger partial charge in [0.15, 0.2) is 0 Å². The fraction of sp³-hybridized carbons (Fsp3) is 1.00. The summed E-state index contributed by atoms with van der Waals surface area (Å²) in [6, 6.07) is 0.796. The van der Waals surface area contributed by atoms with Crippen LogP contribution >= 0.6 is 0 Å². The molecule has 0 atom stereocenters. The second kappa shape index (κ2) is 6.49. The summed E-state index contributed by atoms with van der Waals surface area (Å²) in [5.41, 5.74) is 0.0629. The topological polar surface area (TPSA) is 21.3 Å². The van der Waals surface area contributed by atoms with Gasteiger partial charge < -0.3 is 10.1 Å². The van der Waals surface area contributed by atoms with Crippen molar-refractivity contribution < 1.29 is 4.74 Å². The molecule has 90 valence electrons. The van der Waals surface area contributed by atoms with Crippen LogP contribution in [0.2, 0.25) is 0 Å². The second-order valence-electron chi connectivity index (χ2n) is 5.25. The molecule has 1 aliphatic rings. The zero-order valence-corrected chi connectivity index (χ0v) is 10.6. The molecule has 2 nitrogen and oxygen atoms in total. The van der Waals surface area contributed by atoms with Crippen molar-refractivity contribution in [2.75, 3.05) is 13.2 Å². The molecule has 1 aliphatic carbocycles. The summed E-state index contributed by atoms with van der Waals surface area (Å²) < 4.78 is 5.80. The summed E-state index contributed by atoms with van der Waals surface area (Å²) in [4.78, 5) is 0. The molecule has 0 aromatic carbocycles. The third-order valence-corrected chi connectivity index (χ3v) is 3.45. The normalized spacial score (nSPS) is 18.6. The Kier molecular flexibility index (Phi) is 5.62. The van der Waals surface area contributed by atoms with Gasteiger partial charge in [-0.2, -0.15) is 0 Å². The minimum atomic E-state index is 0.0629. The SMILES string of the molecule is CCC(C)(C)OCCCNC1CCCC1. The molecule has 1 rings (SSSR count). The lowest BCUT2D eigenvalue weighted by Gasteiger charge is -2.23. The molecule has 0 heterocycles. The van der Waals surface area contributed by atoms with Gasteiger partial charge in [-0.3, -0.25) is 0 Å². The first-order valence-corrected chi connectivity index (χ1v) is 6.51. The van der Waals surface area contributed by atoms with Crippen molar-refractivity contribution in [2.24, 2.45) is 0 Å². The summed E-state index contributed by atoms with van der Waals surface area (Å²) in [6.45, 7) is 8.51. The Bertz CT molecular complexity index is 162. The highest BCUT2D eigenvalue weighted by molar-refractivity contribution is 4.73. The van der Waals surface area contributed by atoms with Crippen LogP contribution in [0, 0.1) is 0 Å². The standard InChI is InChI=1S/C13H27NO/c1-4-13(2,3)15-11-7-10-14-12-8-5-6-9-12/h12,14H,4-11H2,1-3H3. The van der Waals surface area contributed by atoms with E-state index in [1.807, 2.05) is 0 Å². The number of rotatable bonds is 7. The molecule has 0 unspecified atom stereocenters. The molecule has 15 heavy (non-hydrogen) atoms. The molecule has 1 fully saturated rings. The van der Waals surface area contributed by atoms with E-state index in [4.69, 9.17) is 4.74 Å². The zero-order valence-electron chi connectivity index (χ0n) is 10.6. The van der Waals surface area contributed by atoms with Gasteiger partial charge in [0.1, 0.15) is 0 Å². The zero-order chi connectivity index (χ0) is 11.1. The minimum Gasteiger partial charge on any atom is -0.376 e. The predicted molar refractivity (Wildman–Crippen MR) is 65.2 cm³/mol. The van der Waals surface area contributed by atoms with Crippen LogP contribution in [0.25, 0.3) is 0 Å². The molecular weight excluding hydrogens is 186 g/mol. The third kappa shape index (κ3) is 5.53. The van der Waals surface area contributed by atoms with Gasteiger partial charge >= 0.3 is 0 Å². The van der Waals surface area contributed by atoms with Crippen LogP contribution in [0.15, 0.2) is 0 Å². The van der Waals surface area contributed by atoms with E-state index in [1.54, 1.807) is 0 Å². The molecule has 0 aromatic heterocycles. The van der Waals surface area contributed by atoms with Gasteiger partial charge in [-0.25, -0.2) is 0 Å². The van der Waals surface area contributed by atoms with Crippen molar-refractivity contribution in [2.45, 2.75) is 70.9 Å². The van der Waals surface area contributed by atoms with Crippen molar-refractivity contribution in [3.8, 4) is 0 Å². The molecular formula is C13H27NO. The average Bonchev–Trinajstić information content (AvgIpc) is 2.70. The van der Waals surface area contributed by atoms with E-state index >= 15 is 0 Å². The first-order valence-electron chi connectivity index (χ1n) is 6.51. The van der Waals surface area contributed by atoms with Gasteiger partial charge in [0.05, 0.1) is 5.60 Å². The highest BCUT2D eigenvalue weighted by atomic mass is 16.5. The minimum absolute atomic E-state index is 0.0629. The number of ether oxygens (including phenoxy) is 1. The van der Waals surface area contributed by atoms with Crippen LogP contribution < -0.4 is 5.32 Å². The van der Waals surface area contributed by atoms with Gasteiger partial charge in [-0.1, -0.05) is 19.8 Å². The van der Waals surface area contributed by atoms with Crippen molar-refractivity contribution in [3.05, 3.63) is 0 Å². The maximum Gasteiger partial charge on any atom is 0.0623 e. The fourth-order valence-electron chi connectivity index (χ4n) is 1.96. The lowest BCUT2D eigenvalue weighted by atomic mass is 10.1.